The molecular weight excluding hydrogens is 226 g/mol. The highest BCUT2D eigenvalue weighted by molar-refractivity contribution is 5.91. The third-order valence-electron chi connectivity index (χ3n) is 2.76. The summed E-state index contributed by atoms with van der Waals surface area (Å²) >= 11 is 0. The number of aliphatic hydroxyl groups is 1. The van der Waals surface area contributed by atoms with Crippen LogP contribution >= 0.6 is 0 Å². The largest absolute Gasteiger partial charge is 0.391 e. The molecule has 0 aliphatic carbocycles. The molecule has 1 rings (SSSR count). The topological polar surface area (TPSA) is 49.3 Å². The summed E-state index contributed by atoms with van der Waals surface area (Å²) in [4.78, 5) is 11.5. The molecule has 18 heavy (non-hydrogen) atoms. The van der Waals surface area contributed by atoms with Crippen molar-refractivity contribution in [2.75, 3.05) is 6.54 Å². The Hall–Kier alpha value is -1.61. The molecule has 3 heteroatoms. The van der Waals surface area contributed by atoms with Gasteiger partial charge in [0.05, 0.1) is 6.10 Å². The minimum absolute atomic E-state index is 0.145. The lowest BCUT2D eigenvalue weighted by molar-refractivity contribution is -0.117. The fraction of sp³-hybridized carbons (Fsp3) is 0.400. The van der Waals surface area contributed by atoms with Crippen LogP contribution in [0.5, 0.6) is 0 Å². The molecule has 0 heterocycles. The van der Waals surface area contributed by atoms with Crippen LogP contribution in [0.4, 0.5) is 0 Å². The SMILES string of the molecule is Cc1ccc(/C=C/C(=O)NCC(O)C(C)C)cc1. The molecule has 0 aliphatic heterocycles. The van der Waals surface area contributed by atoms with Gasteiger partial charge in [-0.1, -0.05) is 43.7 Å². The highest BCUT2D eigenvalue weighted by atomic mass is 16.3. The van der Waals surface area contributed by atoms with Crippen molar-refractivity contribution in [3.63, 3.8) is 0 Å². The number of amides is 1. The van der Waals surface area contributed by atoms with Gasteiger partial charge in [0, 0.05) is 12.6 Å². The third-order valence-corrected chi connectivity index (χ3v) is 2.76. The van der Waals surface area contributed by atoms with E-state index in [9.17, 15) is 9.90 Å². The van der Waals surface area contributed by atoms with Gasteiger partial charge in [0.1, 0.15) is 0 Å². The fourth-order valence-electron chi connectivity index (χ4n) is 1.35. The number of hydrogen-bond donors (Lipinski definition) is 2. The molecular formula is C15H21NO2. The number of carbonyl (C=O) groups excluding carboxylic acids is 1. The van der Waals surface area contributed by atoms with Crippen LogP contribution in [-0.4, -0.2) is 23.7 Å². The van der Waals surface area contributed by atoms with Crippen molar-refractivity contribution in [1.29, 1.82) is 0 Å². The van der Waals surface area contributed by atoms with Gasteiger partial charge in [-0.05, 0) is 24.5 Å². The minimum Gasteiger partial charge on any atom is -0.391 e. The van der Waals surface area contributed by atoms with E-state index in [0.29, 0.717) is 0 Å². The molecule has 1 unspecified atom stereocenters. The first-order valence-electron chi connectivity index (χ1n) is 6.19. The zero-order chi connectivity index (χ0) is 13.5. The first-order valence-corrected chi connectivity index (χ1v) is 6.19. The average molecular weight is 247 g/mol. The zero-order valence-electron chi connectivity index (χ0n) is 11.2. The van der Waals surface area contributed by atoms with Gasteiger partial charge in [-0.3, -0.25) is 4.79 Å². The summed E-state index contributed by atoms with van der Waals surface area (Å²) in [6, 6.07) is 7.92. The van der Waals surface area contributed by atoms with Gasteiger partial charge < -0.3 is 10.4 Å². The Morgan fingerprint density at radius 1 is 1.33 bits per heavy atom. The lowest BCUT2D eigenvalue weighted by atomic mass is 10.1. The molecule has 0 saturated heterocycles. The summed E-state index contributed by atoms with van der Waals surface area (Å²) in [7, 11) is 0. The van der Waals surface area contributed by atoms with Gasteiger partial charge >= 0.3 is 0 Å². The number of hydrogen-bond acceptors (Lipinski definition) is 2. The molecule has 1 aromatic rings. The number of benzene rings is 1. The molecule has 1 atom stereocenters. The standard InChI is InChI=1S/C15H21NO2/c1-11(2)14(17)10-16-15(18)9-8-13-6-4-12(3)5-7-13/h4-9,11,14,17H,10H2,1-3H3,(H,16,18)/b9-8+. The molecule has 2 N–H and O–H groups in total. The highest BCUT2D eigenvalue weighted by Crippen LogP contribution is 2.04. The fourth-order valence-corrected chi connectivity index (χ4v) is 1.35. The third kappa shape index (κ3) is 5.15. The lowest BCUT2D eigenvalue weighted by Gasteiger charge is -2.13. The Morgan fingerprint density at radius 2 is 1.94 bits per heavy atom. The number of aryl methyl sites for hydroxylation is 1. The molecule has 0 aromatic heterocycles. The molecule has 1 aromatic carbocycles. The second-order valence-corrected chi connectivity index (χ2v) is 4.80. The van der Waals surface area contributed by atoms with Crippen molar-refractivity contribution >= 4 is 12.0 Å². The van der Waals surface area contributed by atoms with Crippen LogP contribution in [-0.2, 0) is 4.79 Å². The summed E-state index contributed by atoms with van der Waals surface area (Å²) in [6.07, 6.45) is 2.75. The van der Waals surface area contributed by atoms with Crippen LogP contribution in [0, 0.1) is 12.8 Å². The van der Waals surface area contributed by atoms with E-state index in [1.54, 1.807) is 6.08 Å². The van der Waals surface area contributed by atoms with Gasteiger partial charge in [-0.25, -0.2) is 0 Å². The Kier molecular flexibility index (Phi) is 5.59. The van der Waals surface area contributed by atoms with Crippen LogP contribution in [0.1, 0.15) is 25.0 Å². The van der Waals surface area contributed by atoms with Crippen molar-refractivity contribution in [2.45, 2.75) is 26.9 Å². The van der Waals surface area contributed by atoms with Crippen LogP contribution in [0.3, 0.4) is 0 Å². The van der Waals surface area contributed by atoms with E-state index in [1.807, 2.05) is 45.0 Å². The maximum Gasteiger partial charge on any atom is 0.244 e. The molecule has 0 bridgehead atoms. The van der Waals surface area contributed by atoms with Crippen molar-refractivity contribution < 1.29 is 9.90 Å². The Labute approximate surface area is 109 Å². The van der Waals surface area contributed by atoms with E-state index in [0.717, 1.165) is 5.56 Å². The van der Waals surface area contributed by atoms with Crippen LogP contribution in [0.2, 0.25) is 0 Å². The molecule has 1 amide bonds. The van der Waals surface area contributed by atoms with Crippen molar-refractivity contribution in [2.24, 2.45) is 5.92 Å². The first kappa shape index (κ1) is 14.5. The summed E-state index contributed by atoms with van der Waals surface area (Å²) in [5, 5.41) is 12.2. The van der Waals surface area contributed by atoms with Crippen molar-refractivity contribution in [1.82, 2.24) is 5.32 Å². The Morgan fingerprint density at radius 3 is 2.50 bits per heavy atom. The van der Waals surface area contributed by atoms with Gasteiger partial charge in [-0.15, -0.1) is 0 Å². The second kappa shape index (κ2) is 6.97. The van der Waals surface area contributed by atoms with Gasteiger partial charge in [0.15, 0.2) is 0 Å². The molecule has 0 saturated carbocycles. The Balaban J connectivity index is 2.42. The number of rotatable bonds is 5. The molecule has 98 valence electrons. The monoisotopic (exact) mass is 247 g/mol. The maximum atomic E-state index is 11.5. The summed E-state index contributed by atoms with van der Waals surface area (Å²) in [5.74, 6) is -0.0401. The van der Waals surface area contributed by atoms with E-state index < -0.39 is 6.10 Å². The minimum atomic E-state index is -0.498. The summed E-state index contributed by atoms with van der Waals surface area (Å²) < 4.78 is 0. The van der Waals surface area contributed by atoms with Crippen LogP contribution in [0.15, 0.2) is 30.3 Å². The van der Waals surface area contributed by atoms with E-state index in [1.165, 1.54) is 11.6 Å². The average Bonchev–Trinajstić information content (AvgIpc) is 2.35. The molecule has 3 nitrogen and oxygen atoms in total. The van der Waals surface area contributed by atoms with Gasteiger partial charge in [-0.2, -0.15) is 0 Å². The summed E-state index contributed by atoms with van der Waals surface area (Å²) in [5.41, 5.74) is 2.18. The summed E-state index contributed by atoms with van der Waals surface area (Å²) in [6.45, 7) is 6.14. The molecule has 0 radical (unpaired) electrons. The number of aliphatic hydroxyl groups excluding tert-OH is 1. The predicted molar refractivity (Wildman–Crippen MR) is 74.1 cm³/mol. The second-order valence-electron chi connectivity index (χ2n) is 4.80. The lowest BCUT2D eigenvalue weighted by Crippen LogP contribution is -2.33. The van der Waals surface area contributed by atoms with E-state index in [2.05, 4.69) is 5.32 Å². The predicted octanol–water partition coefficient (Wildman–Crippen LogP) is 2.14. The number of carbonyl (C=O) groups is 1. The molecule has 0 fully saturated rings. The van der Waals surface area contributed by atoms with Crippen LogP contribution < -0.4 is 5.32 Å². The van der Waals surface area contributed by atoms with E-state index >= 15 is 0 Å². The molecule has 0 aliphatic rings. The Bertz CT molecular complexity index is 407. The number of nitrogens with one attached hydrogen (secondary N) is 1. The van der Waals surface area contributed by atoms with E-state index in [4.69, 9.17) is 0 Å². The quantitative estimate of drug-likeness (QED) is 0.783. The smallest absolute Gasteiger partial charge is 0.244 e. The van der Waals surface area contributed by atoms with Crippen LogP contribution in [0.25, 0.3) is 6.08 Å². The molecule has 0 spiro atoms. The van der Waals surface area contributed by atoms with Crippen molar-refractivity contribution in [3.8, 4) is 0 Å². The highest BCUT2D eigenvalue weighted by Gasteiger charge is 2.09. The van der Waals surface area contributed by atoms with Gasteiger partial charge in [0.25, 0.3) is 0 Å². The van der Waals surface area contributed by atoms with E-state index in [-0.39, 0.29) is 18.4 Å². The maximum absolute atomic E-state index is 11.5. The van der Waals surface area contributed by atoms with Crippen molar-refractivity contribution in [3.05, 3.63) is 41.5 Å². The normalized spacial score (nSPS) is 12.9. The van der Waals surface area contributed by atoms with Gasteiger partial charge in [0.2, 0.25) is 5.91 Å². The zero-order valence-corrected chi connectivity index (χ0v) is 11.2. The first-order chi connectivity index (χ1) is 8.49.